The fourth-order valence-electron chi connectivity index (χ4n) is 3.69. The second-order valence-electron chi connectivity index (χ2n) is 9.79. The Bertz CT molecular complexity index is 1090. The van der Waals surface area contributed by atoms with Crippen molar-refractivity contribution in [3.05, 3.63) is 72.8 Å². The molecule has 142 valence electrons. The van der Waals surface area contributed by atoms with E-state index in [1.165, 1.54) is 43.0 Å². The number of hydrogen-bond acceptors (Lipinski definition) is 0. The summed E-state index contributed by atoms with van der Waals surface area (Å²) in [6.07, 6.45) is 0. The van der Waals surface area contributed by atoms with Crippen molar-refractivity contribution in [2.75, 3.05) is 0 Å². The molecule has 0 aromatic heterocycles. The number of benzene rings is 4. The molecule has 0 nitrogen and oxygen atoms in total. The van der Waals surface area contributed by atoms with Crippen LogP contribution in [0.15, 0.2) is 60.7 Å². The van der Waals surface area contributed by atoms with E-state index in [2.05, 4.69) is 112 Å². The molecule has 0 spiro atoms. The van der Waals surface area contributed by atoms with Crippen LogP contribution in [0.1, 0.15) is 0 Å². The van der Waals surface area contributed by atoms with Crippen molar-refractivity contribution in [3.8, 4) is 11.1 Å². The van der Waals surface area contributed by atoms with Gasteiger partial charge in [-0.25, -0.2) is 11.1 Å². The molecule has 4 aromatic carbocycles. The van der Waals surface area contributed by atoms with E-state index in [0.29, 0.717) is 0 Å². The fraction of sp³-hybridized carbons (Fsp3) is 0.231. The summed E-state index contributed by atoms with van der Waals surface area (Å²) in [7, 11) is -2.99. The Hall–Kier alpha value is -0.971. The van der Waals surface area contributed by atoms with Crippen molar-refractivity contribution in [1.29, 1.82) is 0 Å². The standard InChI is InChI=1S/C26H28Si2.2Li/c1-27(2,3)21-15-19-11-7-9-13-23(19)25(17-21)26-18-22(28(4,5)6)16-20-12-8-10-14-24(20)26;;/h7-16H,1-6H3;;/q-2;2*+1. The number of hydrogen-bond donors (Lipinski definition) is 0. The SMILES string of the molecule is C[Si](C)(C)c1[c-]c(-c2[c-]c([Si](C)(C)C)cc3ccccc23)c2ccccc2c1.[Li+].[Li+]. The maximum atomic E-state index is 3.86. The molecule has 0 saturated carbocycles. The molecular formula is C26H28Li2Si2. The molecule has 0 aliphatic rings. The Morgan fingerprint density at radius 1 is 0.533 bits per heavy atom. The van der Waals surface area contributed by atoms with Gasteiger partial charge in [-0.2, -0.15) is 22.5 Å². The molecule has 0 amide bonds. The summed E-state index contributed by atoms with van der Waals surface area (Å²) in [5.74, 6) is 0. The zero-order chi connectivity index (χ0) is 20.1. The molecule has 4 rings (SSSR count). The minimum absolute atomic E-state index is 0. The molecule has 0 atom stereocenters. The molecule has 4 aromatic rings. The molecule has 0 unspecified atom stereocenters. The summed E-state index contributed by atoms with van der Waals surface area (Å²) < 4.78 is 0. The Morgan fingerprint density at radius 2 is 0.867 bits per heavy atom. The Morgan fingerprint density at radius 3 is 1.20 bits per heavy atom. The van der Waals surface area contributed by atoms with Gasteiger partial charge < -0.3 is 0 Å². The first kappa shape index (κ1) is 25.3. The number of rotatable bonds is 3. The van der Waals surface area contributed by atoms with Crippen LogP contribution in [0.5, 0.6) is 0 Å². The minimum atomic E-state index is -1.49. The van der Waals surface area contributed by atoms with Crippen LogP contribution in [0.2, 0.25) is 39.3 Å². The maximum absolute atomic E-state index is 3.86. The van der Waals surface area contributed by atoms with E-state index in [1.807, 2.05) is 0 Å². The van der Waals surface area contributed by atoms with Gasteiger partial charge in [0.2, 0.25) is 0 Å². The van der Waals surface area contributed by atoms with Crippen LogP contribution < -0.4 is 48.1 Å². The van der Waals surface area contributed by atoms with Gasteiger partial charge in [-0.1, -0.05) is 75.7 Å². The van der Waals surface area contributed by atoms with E-state index < -0.39 is 16.1 Å². The van der Waals surface area contributed by atoms with E-state index in [0.717, 1.165) is 0 Å². The van der Waals surface area contributed by atoms with Crippen molar-refractivity contribution >= 4 is 48.1 Å². The monoisotopic (exact) mass is 410 g/mol. The zero-order valence-electron chi connectivity index (χ0n) is 19.8. The summed E-state index contributed by atoms with van der Waals surface area (Å²) in [6, 6.07) is 29.9. The first-order chi connectivity index (χ1) is 13.1. The van der Waals surface area contributed by atoms with Gasteiger partial charge in [-0.3, -0.25) is 0 Å². The van der Waals surface area contributed by atoms with Gasteiger partial charge in [0.25, 0.3) is 0 Å². The van der Waals surface area contributed by atoms with E-state index in [4.69, 9.17) is 0 Å². The molecule has 0 N–H and O–H groups in total. The summed E-state index contributed by atoms with van der Waals surface area (Å²) in [6.45, 7) is 14.4. The summed E-state index contributed by atoms with van der Waals surface area (Å²) in [5.41, 5.74) is 2.43. The third-order valence-corrected chi connectivity index (χ3v) is 9.22. The van der Waals surface area contributed by atoms with Gasteiger partial charge >= 0.3 is 37.7 Å². The second-order valence-corrected chi connectivity index (χ2v) is 19.9. The predicted molar refractivity (Wildman–Crippen MR) is 131 cm³/mol. The number of fused-ring (bicyclic) bond motifs is 2. The maximum Gasteiger partial charge on any atom is 1.00 e. The van der Waals surface area contributed by atoms with E-state index in [-0.39, 0.29) is 37.7 Å². The van der Waals surface area contributed by atoms with Crippen molar-refractivity contribution in [2.24, 2.45) is 0 Å². The van der Waals surface area contributed by atoms with Crippen LogP contribution in [-0.2, 0) is 0 Å². The second kappa shape index (κ2) is 9.26. The Labute approximate surface area is 207 Å². The third-order valence-electron chi connectivity index (χ3n) is 5.45. The average Bonchev–Trinajstić information content (AvgIpc) is 2.65. The fourth-order valence-corrected chi connectivity index (χ4v) is 5.87. The molecular weight excluding hydrogens is 382 g/mol. The van der Waals surface area contributed by atoms with Gasteiger partial charge in [-0.05, 0) is 0 Å². The summed E-state index contributed by atoms with van der Waals surface area (Å²) in [4.78, 5) is 0. The van der Waals surface area contributed by atoms with Crippen LogP contribution in [0, 0.1) is 12.1 Å². The Kier molecular flexibility index (Phi) is 7.80. The van der Waals surface area contributed by atoms with Crippen LogP contribution >= 0.6 is 0 Å². The predicted octanol–water partition coefficient (Wildman–Crippen LogP) is 0.359. The molecule has 0 bridgehead atoms. The van der Waals surface area contributed by atoms with Gasteiger partial charge in [0, 0.05) is 0 Å². The van der Waals surface area contributed by atoms with Gasteiger partial charge in [0.1, 0.15) is 0 Å². The van der Waals surface area contributed by atoms with Crippen molar-refractivity contribution in [3.63, 3.8) is 0 Å². The van der Waals surface area contributed by atoms with Crippen LogP contribution in [-0.4, -0.2) is 16.1 Å². The zero-order valence-corrected chi connectivity index (χ0v) is 21.8. The first-order valence-corrected chi connectivity index (χ1v) is 17.1. The molecule has 4 heteroatoms. The molecule has 0 saturated heterocycles. The van der Waals surface area contributed by atoms with Gasteiger partial charge in [-0.15, -0.1) is 45.8 Å². The molecule has 30 heavy (non-hydrogen) atoms. The van der Waals surface area contributed by atoms with Crippen molar-refractivity contribution in [1.82, 2.24) is 0 Å². The average molecular weight is 411 g/mol. The van der Waals surface area contributed by atoms with Crippen LogP contribution in [0.25, 0.3) is 32.7 Å². The van der Waals surface area contributed by atoms with Gasteiger partial charge in [0.15, 0.2) is 0 Å². The molecule has 0 heterocycles. The Balaban J connectivity index is 0.00000160. The molecule has 0 radical (unpaired) electrons. The van der Waals surface area contributed by atoms with E-state index in [9.17, 15) is 0 Å². The largest absolute Gasteiger partial charge is 1.00 e. The molecule has 0 fully saturated rings. The molecule has 0 aliphatic heterocycles. The summed E-state index contributed by atoms with van der Waals surface area (Å²) in [5, 5.41) is 7.94. The first-order valence-electron chi connectivity index (χ1n) is 10.1. The van der Waals surface area contributed by atoms with E-state index in [1.54, 1.807) is 0 Å². The molecule has 0 aliphatic carbocycles. The van der Waals surface area contributed by atoms with Crippen molar-refractivity contribution < 1.29 is 37.7 Å². The topological polar surface area (TPSA) is 0 Å². The third kappa shape index (κ3) is 4.92. The van der Waals surface area contributed by atoms with Crippen LogP contribution in [0.3, 0.4) is 0 Å². The minimum Gasteiger partial charge on any atom is -0.218 e. The smallest absolute Gasteiger partial charge is 0.218 e. The van der Waals surface area contributed by atoms with Gasteiger partial charge in [0.05, 0.1) is 16.1 Å². The van der Waals surface area contributed by atoms with Crippen LogP contribution in [0.4, 0.5) is 0 Å². The quantitative estimate of drug-likeness (QED) is 0.338. The van der Waals surface area contributed by atoms with E-state index >= 15 is 0 Å². The summed E-state index contributed by atoms with van der Waals surface area (Å²) >= 11 is 0. The normalized spacial score (nSPS) is 11.8. The van der Waals surface area contributed by atoms with Crippen molar-refractivity contribution in [2.45, 2.75) is 39.3 Å².